The maximum Gasteiger partial charge on any atom is 0.334 e. The Labute approximate surface area is 144 Å². The fraction of sp³-hybridized carbons (Fsp3) is 0.750. The summed E-state index contributed by atoms with van der Waals surface area (Å²) in [5.41, 5.74) is 1.95. The molecule has 4 atom stereocenters. The van der Waals surface area contributed by atoms with Crippen LogP contribution in [0.15, 0.2) is 23.3 Å². The Morgan fingerprint density at radius 1 is 1.08 bits per heavy atom. The third-order valence-corrected chi connectivity index (χ3v) is 7.14. The number of carbonyl (C=O) groups excluding carboxylic acids is 1. The van der Waals surface area contributed by atoms with Gasteiger partial charge in [0.05, 0.1) is 0 Å². The minimum atomic E-state index is -1.17. The topological polar surface area (TPSA) is 44.8 Å². The zero-order valence-electron chi connectivity index (χ0n) is 15.4. The fourth-order valence-electron chi connectivity index (χ4n) is 5.85. The van der Waals surface area contributed by atoms with Gasteiger partial charge in [-0.3, -0.25) is 0 Å². The van der Waals surface area contributed by atoms with E-state index in [0.29, 0.717) is 11.3 Å². The van der Waals surface area contributed by atoms with Gasteiger partial charge in [0.25, 0.3) is 5.79 Å². The Bertz CT molecular complexity index is 661. The van der Waals surface area contributed by atoms with Gasteiger partial charge in [-0.1, -0.05) is 27.2 Å². The molecule has 0 bridgehead atoms. The number of rotatable bonds is 0. The Morgan fingerprint density at radius 2 is 1.83 bits per heavy atom. The van der Waals surface area contributed by atoms with Crippen LogP contribution < -0.4 is 0 Å². The van der Waals surface area contributed by atoms with E-state index in [1.807, 2.05) is 6.92 Å². The molecule has 0 aromatic rings. The van der Waals surface area contributed by atoms with Gasteiger partial charge in [0.1, 0.15) is 5.60 Å². The van der Waals surface area contributed by atoms with Gasteiger partial charge in [0.2, 0.25) is 0 Å². The van der Waals surface area contributed by atoms with Crippen molar-refractivity contribution in [3.8, 4) is 0 Å². The van der Waals surface area contributed by atoms with Crippen molar-refractivity contribution in [1.29, 1.82) is 0 Å². The molecule has 0 saturated heterocycles. The molecule has 24 heavy (non-hydrogen) atoms. The minimum absolute atomic E-state index is 0.0564. The second-order valence-corrected chi connectivity index (χ2v) is 9.22. The zero-order chi connectivity index (χ0) is 17.4. The monoisotopic (exact) mass is 332 g/mol. The van der Waals surface area contributed by atoms with Crippen LogP contribution in [0.4, 0.5) is 0 Å². The van der Waals surface area contributed by atoms with E-state index in [-0.39, 0.29) is 11.4 Å². The number of esters is 1. The molecule has 2 fully saturated rings. The Morgan fingerprint density at radius 3 is 2.50 bits per heavy atom. The molecule has 4 rings (SSSR count). The quantitative estimate of drug-likeness (QED) is 0.373. The third-order valence-electron chi connectivity index (χ3n) is 7.14. The smallest absolute Gasteiger partial charge is 0.334 e. The molecular formula is C20H28O4. The molecule has 2 aliphatic carbocycles. The van der Waals surface area contributed by atoms with Crippen molar-refractivity contribution in [2.75, 3.05) is 0 Å². The van der Waals surface area contributed by atoms with Gasteiger partial charge in [0.15, 0.2) is 0 Å². The van der Waals surface area contributed by atoms with Crippen molar-refractivity contribution in [3.05, 3.63) is 23.3 Å². The summed E-state index contributed by atoms with van der Waals surface area (Å²) in [4.78, 5) is 23.4. The van der Waals surface area contributed by atoms with Gasteiger partial charge in [-0.25, -0.2) is 9.68 Å². The second kappa shape index (κ2) is 4.73. The van der Waals surface area contributed by atoms with Crippen LogP contribution in [0.3, 0.4) is 0 Å². The Hall–Kier alpha value is -1.13. The van der Waals surface area contributed by atoms with E-state index in [0.717, 1.165) is 24.8 Å². The number of fused-ring (bicyclic) bond motifs is 3. The lowest BCUT2D eigenvalue weighted by atomic mass is 9.47. The van der Waals surface area contributed by atoms with E-state index >= 15 is 0 Å². The van der Waals surface area contributed by atoms with E-state index in [9.17, 15) is 4.79 Å². The van der Waals surface area contributed by atoms with Crippen molar-refractivity contribution in [2.24, 2.45) is 16.7 Å². The molecule has 0 amide bonds. The average molecular weight is 332 g/mol. The van der Waals surface area contributed by atoms with Crippen molar-refractivity contribution in [3.63, 3.8) is 0 Å². The van der Waals surface area contributed by atoms with E-state index in [2.05, 4.69) is 33.8 Å². The number of carbonyl (C=O) groups is 1. The first-order valence-corrected chi connectivity index (χ1v) is 9.14. The van der Waals surface area contributed by atoms with Crippen LogP contribution in [0.25, 0.3) is 0 Å². The molecule has 0 aromatic carbocycles. The Balaban J connectivity index is 1.84. The van der Waals surface area contributed by atoms with E-state index < -0.39 is 11.4 Å². The van der Waals surface area contributed by atoms with E-state index in [1.165, 1.54) is 24.5 Å². The number of ether oxygens (including phenoxy) is 1. The minimum Gasteiger partial charge on any atom is -0.419 e. The summed E-state index contributed by atoms with van der Waals surface area (Å²) in [6.45, 7) is 11.1. The predicted molar refractivity (Wildman–Crippen MR) is 89.7 cm³/mol. The van der Waals surface area contributed by atoms with E-state index in [1.54, 1.807) is 0 Å². The van der Waals surface area contributed by atoms with Gasteiger partial charge in [-0.15, -0.1) is 0 Å². The first kappa shape index (κ1) is 16.3. The lowest BCUT2D eigenvalue weighted by Crippen LogP contribution is -2.57. The highest BCUT2D eigenvalue weighted by Crippen LogP contribution is 2.64. The fourth-order valence-corrected chi connectivity index (χ4v) is 5.85. The highest BCUT2D eigenvalue weighted by Gasteiger charge is 2.60. The van der Waals surface area contributed by atoms with Crippen LogP contribution in [0.1, 0.15) is 66.7 Å². The number of hydrogen-bond donors (Lipinski definition) is 0. The number of hydrogen-bond acceptors (Lipinski definition) is 4. The van der Waals surface area contributed by atoms with Crippen molar-refractivity contribution in [2.45, 2.75) is 78.1 Å². The maximum atomic E-state index is 11.8. The molecule has 4 aliphatic rings. The molecular weight excluding hydrogens is 304 g/mol. The third kappa shape index (κ3) is 2.02. The first-order valence-electron chi connectivity index (χ1n) is 9.14. The molecule has 2 aliphatic heterocycles. The normalized spacial score (nSPS) is 46.7. The molecule has 0 N–H and O–H groups in total. The van der Waals surface area contributed by atoms with Gasteiger partial charge < -0.3 is 4.74 Å². The van der Waals surface area contributed by atoms with Crippen molar-refractivity contribution in [1.82, 2.24) is 0 Å². The molecule has 2 saturated carbocycles. The van der Waals surface area contributed by atoms with Crippen LogP contribution in [0.2, 0.25) is 0 Å². The van der Waals surface area contributed by atoms with Crippen LogP contribution in [-0.2, 0) is 19.3 Å². The SMILES string of the molecule is CC1=CC(=O)O[C@@]12C=C1C(C)(CC[C@H]3C(C)(C)CCC[C@]13C)OO2. The lowest BCUT2D eigenvalue weighted by Gasteiger charge is -2.60. The molecule has 1 unspecified atom stereocenters. The van der Waals surface area contributed by atoms with Gasteiger partial charge in [-0.05, 0) is 67.9 Å². The molecule has 0 radical (unpaired) electrons. The highest BCUT2D eigenvalue weighted by atomic mass is 17.2. The summed E-state index contributed by atoms with van der Waals surface area (Å²) in [6, 6.07) is 0. The summed E-state index contributed by atoms with van der Waals surface area (Å²) in [6.07, 6.45) is 9.27. The van der Waals surface area contributed by atoms with Crippen molar-refractivity contribution < 1.29 is 19.3 Å². The molecule has 1 spiro atoms. The standard InChI is InChI=1S/C20H28O4/c1-13-11-16(21)22-20(13)12-15-18(4)9-6-8-17(2,3)14(18)7-10-19(15,5)23-24-20/h11-12,14H,6-10H2,1-5H3/t14-,18-,19?,20+/m0/s1. The molecule has 2 heterocycles. The zero-order valence-corrected chi connectivity index (χ0v) is 15.4. The molecule has 0 aromatic heterocycles. The highest BCUT2D eigenvalue weighted by molar-refractivity contribution is 5.86. The summed E-state index contributed by atoms with van der Waals surface area (Å²) >= 11 is 0. The Kier molecular flexibility index (Phi) is 3.22. The van der Waals surface area contributed by atoms with Crippen LogP contribution >= 0.6 is 0 Å². The summed E-state index contributed by atoms with van der Waals surface area (Å²) in [7, 11) is 0. The van der Waals surface area contributed by atoms with Crippen molar-refractivity contribution >= 4 is 5.97 Å². The van der Waals surface area contributed by atoms with Crippen LogP contribution in [0, 0.1) is 16.7 Å². The van der Waals surface area contributed by atoms with Crippen LogP contribution in [0.5, 0.6) is 0 Å². The summed E-state index contributed by atoms with van der Waals surface area (Å²) < 4.78 is 5.52. The summed E-state index contributed by atoms with van der Waals surface area (Å²) in [5.74, 6) is -0.922. The van der Waals surface area contributed by atoms with Gasteiger partial charge in [-0.2, -0.15) is 4.89 Å². The first-order chi connectivity index (χ1) is 11.1. The summed E-state index contributed by atoms with van der Waals surface area (Å²) in [5, 5.41) is 0. The van der Waals surface area contributed by atoms with Gasteiger partial charge in [0, 0.05) is 11.6 Å². The second-order valence-electron chi connectivity index (χ2n) is 9.22. The average Bonchev–Trinajstić information content (AvgIpc) is 2.74. The van der Waals surface area contributed by atoms with E-state index in [4.69, 9.17) is 14.5 Å². The largest absolute Gasteiger partial charge is 0.419 e. The predicted octanol–water partition coefficient (Wildman–Crippen LogP) is 4.46. The molecule has 132 valence electrons. The maximum absolute atomic E-state index is 11.8. The lowest BCUT2D eigenvalue weighted by molar-refractivity contribution is -0.438. The molecule has 4 nitrogen and oxygen atoms in total. The van der Waals surface area contributed by atoms with Crippen LogP contribution in [-0.4, -0.2) is 17.4 Å². The van der Waals surface area contributed by atoms with Gasteiger partial charge >= 0.3 is 5.97 Å². The molecule has 4 heteroatoms.